The topological polar surface area (TPSA) is 0 Å². The maximum absolute atomic E-state index is 3.99. The van der Waals surface area contributed by atoms with Crippen LogP contribution in [0.1, 0.15) is 53.9 Å². The van der Waals surface area contributed by atoms with Crippen molar-refractivity contribution >= 4 is 0 Å². The molecule has 0 N–H and O–H groups in total. The summed E-state index contributed by atoms with van der Waals surface area (Å²) in [7, 11) is 0. The first-order valence-corrected chi connectivity index (χ1v) is 5.17. The van der Waals surface area contributed by atoms with E-state index in [0.717, 1.165) is 6.42 Å². The zero-order valence-corrected chi connectivity index (χ0v) is 9.91. The van der Waals surface area contributed by atoms with Gasteiger partial charge in [-0.15, -0.1) is 6.58 Å². The Hall–Kier alpha value is -0.520. The molecule has 1 atom stereocenters. The van der Waals surface area contributed by atoms with E-state index in [9.17, 15) is 0 Å². The summed E-state index contributed by atoms with van der Waals surface area (Å²) in [6.07, 6.45) is 5.89. The van der Waals surface area contributed by atoms with E-state index in [4.69, 9.17) is 0 Å². The van der Waals surface area contributed by atoms with Gasteiger partial charge in [0.2, 0.25) is 0 Å². The van der Waals surface area contributed by atoms with E-state index >= 15 is 0 Å². The van der Waals surface area contributed by atoms with Gasteiger partial charge >= 0.3 is 0 Å². The maximum atomic E-state index is 3.99. The van der Waals surface area contributed by atoms with Crippen molar-refractivity contribution in [2.75, 3.05) is 0 Å². The van der Waals surface area contributed by atoms with Crippen LogP contribution in [0.25, 0.3) is 0 Å². The molecule has 0 aromatic heterocycles. The summed E-state index contributed by atoms with van der Waals surface area (Å²) in [6, 6.07) is 0. The van der Waals surface area contributed by atoms with Crippen molar-refractivity contribution in [1.29, 1.82) is 0 Å². The van der Waals surface area contributed by atoms with E-state index in [1.54, 1.807) is 0 Å². The summed E-state index contributed by atoms with van der Waals surface area (Å²) >= 11 is 0. The second-order valence-corrected chi connectivity index (χ2v) is 4.78. The fourth-order valence-electron chi connectivity index (χ4n) is 1.52. The van der Waals surface area contributed by atoms with Crippen molar-refractivity contribution in [3.63, 3.8) is 0 Å². The van der Waals surface area contributed by atoms with Gasteiger partial charge in [-0.3, -0.25) is 0 Å². The molecule has 1 unspecified atom stereocenters. The molecule has 0 saturated carbocycles. The quantitative estimate of drug-likeness (QED) is 0.537. The molecule has 0 bridgehead atoms. The molecule has 76 valence electrons. The molecule has 0 nitrogen and oxygen atoms in total. The Kier molecular flexibility index (Phi) is 5.05. The molecule has 0 aromatic carbocycles. The Labute approximate surface area is 83.7 Å². The third-order valence-corrected chi connectivity index (χ3v) is 2.59. The molecule has 0 rings (SSSR count). The van der Waals surface area contributed by atoms with Crippen molar-refractivity contribution in [1.82, 2.24) is 0 Å². The van der Waals surface area contributed by atoms with Gasteiger partial charge in [0, 0.05) is 0 Å². The lowest BCUT2D eigenvalue weighted by atomic mass is 9.78. The summed E-state index contributed by atoms with van der Waals surface area (Å²) in [5, 5.41) is 0. The fraction of sp³-hybridized carbons (Fsp3) is 0.692. The molecule has 0 fully saturated rings. The highest BCUT2D eigenvalue weighted by Crippen LogP contribution is 2.33. The Morgan fingerprint density at radius 2 is 1.85 bits per heavy atom. The van der Waals surface area contributed by atoms with Crippen molar-refractivity contribution in [3.05, 3.63) is 23.8 Å². The van der Waals surface area contributed by atoms with Crippen LogP contribution in [-0.4, -0.2) is 0 Å². The predicted molar refractivity (Wildman–Crippen MR) is 61.9 cm³/mol. The second kappa shape index (κ2) is 5.26. The molecular formula is C13H24. The van der Waals surface area contributed by atoms with Gasteiger partial charge in [0.15, 0.2) is 0 Å². The van der Waals surface area contributed by atoms with E-state index in [2.05, 4.69) is 47.3 Å². The molecule has 0 aliphatic carbocycles. The SMILES string of the molecule is C=C(C)CC(C)(CC)CC=C(C)C. The summed E-state index contributed by atoms with van der Waals surface area (Å²) in [6.45, 7) is 15.1. The largest absolute Gasteiger partial charge is 0.100 e. The zero-order valence-electron chi connectivity index (χ0n) is 9.91. The average molecular weight is 180 g/mol. The number of hydrogen-bond donors (Lipinski definition) is 0. The molecular weight excluding hydrogens is 156 g/mol. The average Bonchev–Trinajstić information content (AvgIpc) is 2.00. The maximum Gasteiger partial charge on any atom is -0.0257 e. The molecule has 0 spiro atoms. The lowest BCUT2D eigenvalue weighted by molar-refractivity contribution is 0.311. The van der Waals surface area contributed by atoms with Crippen LogP contribution < -0.4 is 0 Å². The zero-order chi connectivity index (χ0) is 10.5. The highest BCUT2D eigenvalue weighted by molar-refractivity contribution is 5.01. The van der Waals surface area contributed by atoms with Gasteiger partial charge in [0.25, 0.3) is 0 Å². The van der Waals surface area contributed by atoms with Crippen molar-refractivity contribution < 1.29 is 0 Å². The number of rotatable bonds is 5. The number of allylic oxidation sites excluding steroid dienone is 3. The normalized spacial score (nSPS) is 14.8. The third kappa shape index (κ3) is 5.68. The lowest BCUT2D eigenvalue weighted by Crippen LogP contribution is -2.14. The second-order valence-electron chi connectivity index (χ2n) is 4.78. The van der Waals surface area contributed by atoms with Gasteiger partial charge in [0.1, 0.15) is 0 Å². The van der Waals surface area contributed by atoms with Crippen LogP contribution in [0, 0.1) is 5.41 Å². The summed E-state index contributed by atoms with van der Waals surface area (Å²) in [4.78, 5) is 0. The van der Waals surface area contributed by atoms with Crippen LogP contribution in [0.4, 0.5) is 0 Å². The van der Waals surface area contributed by atoms with Gasteiger partial charge in [-0.1, -0.05) is 37.5 Å². The summed E-state index contributed by atoms with van der Waals surface area (Å²) in [5.74, 6) is 0. The molecule has 13 heavy (non-hydrogen) atoms. The van der Waals surface area contributed by atoms with Gasteiger partial charge in [-0.2, -0.15) is 0 Å². The minimum Gasteiger partial charge on any atom is -0.100 e. The van der Waals surface area contributed by atoms with Gasteiger partial charge < -0.3 is 0 Å². The highest BCUT2D eigenvalue weighted by Gasteiger charge is 2.20. The van der Waals surface area contributed by atoms with Crippen LogP contribution in [-0.2, 0) is 0 Å². The van der Waals surface area contributed by atoms with Crippen LogP contribution in [0.3, 0.4) is 0 Å². The van der Waals surface area contributed by atoms with E-state index < -0.39 is 0 Å². The van der Waals surface area contributed by atoms with Crippen LogP contribution in [0.5, 0.6) is 0 Å². The molecule has 0 radical (unpaired) electrons. The first-order valence-electron chi connectivity index (χ1n) is 5.17. The summed E-state index contributed by atoms with van der Waals surface area (Å²) in [5.41, 5.74) is 3.14. The molecule has 0 amide bonds. The number of hydrogen-bond acceptors (Lipinski definition) is 0. The Balaban J connectivity index is 4.27. The standard InChI is InChI=1S/C13H24/c1-7-13(6,10-12(4)5)9-8-11(2)3/h8H,4,7,9-10H2,1-3,5-6H3. The highest BCUT2D eigenvalue weighted by atomic mass is 14.2. The third-order valence-electron chi connectivity index (χ3n) is 2.59. The van der Waals surface area contributed by atoms with E-state index in [-0.39, 0.29) is 0 Å². The van der Waals surface area contributed by atoms with Crippen molar-refractivity contribution in [3.8, 4) is 0 Å². The Morgan fingerprint density at radius 3 is 2.15 bits per heavy atom. The first-order chi connectivity index (χ1) is 5.89. The Morgan fingerprint density at radius 1 is 1.31 bits per heavy atom. The van der Waals surface area contributed by atoms with E-state index in [1.165, 1.54) is 24.0 Å². The van der Waals surface area contributed by atoms with Crippen LogP contribution >= 0.6 is 0 Å². The fourth-order valence-corrected chi connectivity index (χ4v) is 1.52. The molecule has 0 heterocycles. The smallest absolute Gasteiger partial charge is 0.0257 e. The van der Waals surface area contributed by atoms with Crippen molar-refractivity contribution in [2.24, 2.45) is 5.41 Å². The van der Waals surface area contributed by atoms with E-state index in [0.29, 0.717) is 5.41 Å². The van der Waals surface area contributed by atoms with Crippen molar-refractivity contribution in [2.45, 2.75) is 53.9 Å². The van der Waals surface area contributed by atoms with Crippen LogP contribution in [0.15, 0.2) is 23.8 Å². The molecule has 0 aliphatic rings. The molecule has 0 aromatic rings. The first kappa shape index (κ1) is 12.5. The predicted octanol–water partition coefficient (Wildman–Crippen LogP) is 4.73. The lowest BCUT2D eigenvalue weighted by Gasteiger charge is -2.27. The minimum absolute atomic E-state index is 0.420. The van der Waals surface area contributed by atoms with E-state index in [1.807, 2.05) is 0 Å². The molecule has 0 aliphatic heterocycles. The van der Waals surface area contributed by atoms with Crippen LogP contribution in [0.2, 0.25) is 0 Å². The monoisotopic (exact) mass is 180 g/mol. The molecule has 0 saturated heterocycles. The van der Waals surface area contributed by atoms with Gasteiger partial charge in [-0.05, 0) is 39.0 Å². The summed E-state index contributed by atoms with van der Waals surface area (Å²) < 4.78 is 0. The minimum atomic E-state index is 0.420. The Bertz CT molecular complexity index is 194. The van der Waals surface area contributed by atoms with Gasteiger partial charge in [-0.25, -0.2) is 0 Å². The van der Waals surface area contributed by atoms with Gasteiger partial charge in [0.05, 0.1) is 0 Å². The molecule has 0 heteroatoms.